The van der Waals surface area contributed by atoms with Gasteiger partial charge in [-0.05, 0) is 31.4 Å². The van der Waals surface area contributed by atoms with E-state index in [-0.39, 0.29) is 29.9 Å². The van der Waals surface area contributed by atoms with E-state index in [1.807, 2.05) is 40.1 Å². The summed E-state index contributed by atoms with van der Waals surface area (Å²) in [6, 6.07) is 9.73. The highest BCUT2D eigenvalue weighted by Gasteiger charge is 2.44. The molecule has 1 aromatic rings. The van der Waals surface area contributed by atoms with Gasteiger partial charge in [0.2, 0.25) is 5.91 Å². The number of morpholine rings is 1. The first-order valence-electron chi connectivity index (χ1n) is 9.03. The van der Waals surface area contributed by atoms with Crippen LogP contribution in [0.4, 0.5) is 5.69 Å². The SMILES string of the molecule is O=C([C@H]1CCOC1)N1CCC2(CC1)CN(c1ccccc1)C(=O)CO2. The van der Waals surface area contributed by atoms with E-state index in [2.05, 4.69) is 0 Å². The summed E-state index contributed by atoms with van der Waals surface area (Å²) in [5.74, 6) is 0.223. The van der Waals surface area contributed by atoms with Crippen LogP contribution < -0.4 is 4.90 Å². The van der Waals surface area contributed by atoms with Gasteiger partial charge in [0.1, 0.15) is 6.61 Å². The molecule has 0 bridgehead atoms. The van der Waals surface area contributed by atoms with Gasteiger partial charge in [0.25, 0.3) is 5.91 Å². The number of hydrogen-bond donors (Lipinski definition) is 0. The summed E-state index contributed by atoms with van der Waals surface area (Å²) in [5, 5.41) is 0. The average molecular weight is 344 g/mol. The molecule has 1 atom stereocenters. The average Bonchev–Trinajstić information content (AvgIpc) is 3.20. The minimum atomic E-state index is -0.341. The highest BCUT2D eigenvalue weighted by Crippen LogP contribution is 2.33. The molecule has 2 amide bonds. The molecule has 134 valence electrons. The Balaban J connectivity index is 1.41. The molecular formula is C19H24N2O4. The number of anilines is 1. The van der Waals surface area contributed by atoms with Crippen molar-refractivity contribution in [3.05, 3.63) is 30.3 Å². The molecule has 25 heavy (non-hydrogen) atoms. The topological polar surface area (TPSA) is 59.1 Å². The summed E-state index contributed by atoms with van der Waals surface area (Å²) < 4.78 is 11.3. The fourth-order valence-electron chi connectivity index (χ4n) is 3.98. The van der Waals surface area contributed by atoms with Crippen LogP contribution >= 0.6 is 0 Å². The van der Waals surface area contributed by atoms with Crippen molar-refractivity contribution in [1.29, 1.82) is 0 Å². The maximum atomic E-state index is 12.6. The Hall–Kier alpha value is -1.92. The molecule has 3 heterocycles. The maximum absolute atomic E-state index is 12.6. The monoisotopic (exact) mass is 344 g/mol. The van der Waals surface area contributed by atoms with E-state index in [0.717, 1.165) is 24.9 Å². The smallest absolute Gasteiger partial charge is 0.253 e. The van der Waals surface area contributed by atoms with Crippen molar-refractivity contribution in [3.63, 3.8) is 0 Å². The van der Waals surface area contributed by atoms with Crippen molar-refractivity contribution < 1.29 is 19.1 Å². The second kappa shape index (κ2) is 6.77. The van der Waals surface area contributed by atoms with Crippen molar-refractivity contribution in [2.75, 3.05) is 44.4 Å². The first-order valence-corrected chi connectivity index (χ1v) is 9.03. The summed E-state index contributed by atoms with van der Waals surface area (Å²) in [6.07, 6.45) is 2.36. The van der Waals surface area contributed by atoms with E-state index < -0.39 is 0 Å². The Morgan fingerprint density at radius 3 is 2.60 bits per heavy atom. The Kier molecular flexibility index (Phi) is 4.48. The van der Waals surface area contributed by atoms with Gasteiger partial charge in [-0.25, -0.2) is 0 Å². The maximum Gasteiger partial charge on any atom is 0.253 e. The van der Waals surface area contributed by atoms with Crippen LogP contribution in [0, 0.1) is 5.92 Å². The Bertz CT molecular complexity index is 634. The third kappa shape index (κ3) is 3.28. The van der Waals surface area contributed by atoms with Gasteiger partial charge in [-0.3, -0.25) is 9.59 Å². The van der Waals surface area contributed by atoms with Gasteiger partial charge in [-0.15, -0.1) is 0 Å². The second-order valence-electron chi connectivity index (χ2n) is 7.17. The van der Waals surface area contributed by atoms with Gasteiger partial charge < -0.3 is 19.3 Å². The van der Waals surface area contributed by atoms with E-state index in [4.69, 9.17) is 9.47 Å². The normalized spacial score (nSPS) is 26.2. The molecule has 3 fully saturated rings. The van der Waals surface area contributed by atoms with Crippen molar-refractivity contribution >= 4 is 17.5 Å². The van der Waals surface area contributed by atoms with Gasteiger partial charge >= 0.3 is 0 Å². The predicted molar refractivity (Wildman–Crippen MR) is 92.2 cm³/mol. The number of hydrogen-bond acceptors (Lipinski definition) is 4. The Morgan fingerprint density at radius 2 is 1.92 bits per heavy atom. The molecule has 0 radical (unpaired) electrons. The summed E-state index contributed by atoms with van der Waals surface area (Å²) in [7, 11) is 0. The number of amides is 2. The number of likely N-dealkylation sites (tertiary alicyclic amines) is 1. The zero-order valence-electron chi connectivity index (χ0n) is 14.4. The van der Waals surface area contributed by atoms with Crippen molar-refractivity contribution in [1.82, 2.24) is 4.90 Å². The quantitative estimate of drug-likeness (QED) is 0.815. The predicted octanol–water partition coefficient (Wildman–Crippen LogP) is 1.45. The van der Waals surface area contributed by atoms with Gasteiger partial charge in [-0.1, -0.05) is 18.2 Å². The molecule has 0 aliphatic carbocycles. The third-order valence-electron chi connectivity index (χ3n) is 5.58. The summed E-state index contributed by atoms with van der Waals surface area (Å²) in [6.45, 7) is 3.28. The zero-order valence-corrected chi connectivity index (χ0v) is 14.4. The minimum Gasteiger partial charge on any atom is -0.381 e. The molecule has 6 nitrogen and oxygen atoms in total. The lowest BCUT2D eigenvalue weighted by Gasteiger charge is -2.47. The number of piperidine rings is 1. The Morgan fingerprint density at radius 1 is 1.16 bits per heavy atom. The highest BCUT2D eigenvalue weighted by molar-refractivity contribution is 5.95. The standard InChI is InChI=1S/C19H24N2O4/c22-17-13-25-19(14-21(17)16-4-2-1-3-5-16)7-9-20(10-8-19)18(23)15-6-11-24-12-15/h1-5,15H,6-14H2/t15-/m0/s1. The molecular weight excluding hydrogens is 320 g/mol. The second-order valence-corrected chi connectivity index (χ2v) is 7.17. The lowest BCUT2D eigenvalue weighted by atomic mass is 9.88. The molecule has 0 saturated carbocycles. The lowest BCUT2D eigenvalue weighted by molar-refractivity contribution is -0.152. The number of para-hydroxylation sites is 1. The van der Waals surface area contributed by atoms with Gasteiger partial charge in [0.15, 0.2) is 0 Å². The molecule has 0 N–H and O–H groups in total. The Labute approximate surface area is 147 Å². The number of carbonyl (C=O) groups excluding carboxylic acids is 2. The number of nitrogens with zero attached hydrogens (tertiary/aromatic N) is 2. The summed E-state index contributed by atoms with van der Waals surface area (Å²) in [5.41, 5.74) is 0.573. The van der Waals surface area contributed by atoms with Crippen molar-refractivity contribution in [2.45, 2.75) is 24.9 Å². The van der Waals surface area contributed by atoms with Crippen molar-refractivity contribution in [3.8, 4) is 0 Å². The number of benzene rings is 1. The van der Waals surface area contributed by atoms with E-state index in [1.165, 1.54) is 0 Å². The molecule has 1 aromatic carbocycles. The molecule has 0 unspecified atom stereocenters. The first-order chi connectivity index (χ1) is 12.2. The van der Waals surface area contributed by atoms with E-state index in [0.29, 0.717) is 32.8 Å². The molecule has 3 aliphatic heterocycles. The van der Waals surface area contributed by atoms with Crippen LogP contribution in [0.1, 0.15) is 19.3 Å². The van der Waals surface area contributed by atoms with Crippen LogP contribution in [0.15, 0.2) is 30.3 Å². The summed E-state index contributed by atoms with van der Waals surface area (Å²) in [4.78, 5) is 28.6. The zero-order chi connectivity index (χ0) is 17.3. The van der Waals surface area contributed by atoms with Crippen LogP contribution in [0.2, 0.25) is 0 Å². The van der Waals surface area contributed by atoms with E-state index in [9.17, 15) is 9.59 Å². The van der Waals surface area contributed by atoms with Crippen LogP contribution in [0.3, 0.4) is 0 Å². The van der Waals surface area contributed by atoms with E-state index >= 15 is 0 Å². The molecule has 1 spiro atoms. The first kappa shape index (κ1) is 16.5. The van der Waals surface area contributed by atoms with Crippen LogP contribution in [-0.2, 0) is 19.1 Å². The molecule has 3 saturated heterocycles. The molecule has 4 rings (SSSR count). The van der Waals surface area contributed by atoms with E-state index in [1.54, 1.807) is 0 Å². The van der Waals surface area contributed by atoms with Gasteiger partial charge in [-0.2, -0.15) is 0 Å². The van der Waals surface area contributed by atoms with Gasteiger partial charge in [0, 0.05) is 25.4 Å². The number of carbonyl (C=O) groups is 2. The minimum absolute atomic E-state index is 0.00145. The molecule has 0 aromatic heterocycles. The van der Waals surface area contributed by atoms with Crippen LogP contribution in [-0.4, -0.2) is 61.8 Å². The lowest BCUT2D eigenvalue weighted by Crippen LogP contribution is -2.59. The van der Waals surface area contributed by atoms with Crippen molar-refractivity contribution in [2.24, 2.45) is 5.92 Å². The largest absolute Gasteiger partial charge is 0.381 e. The fraction of sp³-hybridized carbons (Fsp3) is 0.579. The summed E-state index contributed by atoms with van der Waals surface area (Å²) >= 11 is 0. The fourth-order valence-corrected chi connectivity index (χ4v) is 3.98. The third-order valence-corrected chi connectivity index (χ3v) is 5.58. The van der Waals surface area contributed by atoms with Crippen LogP contribution in [0.25, 0.3) is 0 Å². The highest BCUT2D eigenvalue weighted by atomic mass is 16.5. The molecule has 6 heteroatoms. The number of ether oxygens (including phenoxy) is 2. The van der Waals surface area contributed by atoms with Gasteiger partial charge in [0.05, 0.1) is 24.7 Å². The van der Waals surface area contributed by atoms with Crippen LogP contribution in [0.5, 0.6) is 0 Å². The number of rotatable bonds is 2. The molecule has 3 aliphatic rings.